The van der Waals surface area contributed by atoms with Crippen LogP contribution < -0.4 is 10.2 Å². The van der Waals surface area contributed by atoms with Crippen LogP contribution in [0.3, 0.4) is 0 Å². The van der Waals surface area contributed by atoms with Crippen molar-refractivity contribution < 1.29 is 13.2 Å². The number of nitrogens with zero attached hydrogens (tertiary/aromatic N) is 5. The van der Waals surface area contributed by atoms with E-state index in [0.29, 0.717) is 5.92 Å². The number of nitriles is 1. The van der Waals surface area contributed by atoms with Crippen molar-refractivity contribution in [3.63, 3.8) is 0 Å². The molecule has 3 aliphatic rings. The van der Waals surface area contributed by atoms with Crippen LogP contribution in [0.2, 0.25) is 0 Å². The smallest absolute Gasteiger partial charge is 0.243 e. The Bertz CT molecular complexity index is 1650. The fourth-order valence-corrected chi connectivity index (χ4v) is 9.21. The molecule has 1 aromatic heterocycles. The van der Waals surface area contributed by atoms with Crippen LogP contribution in [0, 0.1) is 29.1 Å². The monoisotopic (exact) mass is 626 g/mol. The molecule has 236 valence electrons. The molecule has 45 heavy (non-hydrogen) atoms. The molecular weight excluding hydrogens is 584 g/mol. The number of carbonyl (C=O) groups excluding carboxylic acids is 1. The third-order valence-corrected chi connectivity index (χ3v) is 12.0. The molecule has 3 aromatic rings. The maximum absolute atomic E-state index is 12.9. The van der Waals surface area contributed by atoms with Gasteiger partial charge in [0.05, 0.1) is 22.6 Å². The Hall–Kier alpha value is -3.94. The van der Waals surface area contributed by atoms with E-state index in [1.165, 1.54) is 23.2 Å². The summed E-state index contributed by atoms with van der Waals surface area (Å²) in [6.07, 6.45) is 8.94. The van der Waals surface area contributed by atoms with Crippen molar-refractivity contribution in [1.29, 1.82) is 5.26 Å². The number of nitrogens with one attached hydrogen (secondary N) is 1. The van der Waals surface area contributed by atoms with Crippen molar-refractivity contribution in [2.24, 2.45) is 24.8 Å². The highest BCUT2D eigenvalue weighted by atomic mass is 32.2. The summed E-state index contributed by atoms with van der Waals surface area (Å²) in [6.45, 7) is 8.44. The van der Waals surface area contributed by atoms with Crippen molar-refractivity contribution in [3.05, 3.63) is 85.2 Å². The lowest BCUT2D eigenvalue weighted by atomic mass is 9.59. The summed E-state index contributed by atoms with van der Waals surface area (Å²) in [5.74, 6) is 0.661. The summed E-state index contributed by atoms with van der Waals surface area (Å²) in [4.78, 5) is 17.6. The van der Waals surface area contributed by atoms with Gasteiger partial charge in [-0.3, -0.25) is 9.48 Å². The van der Waals surface area contributed by atoms with Crippen LogP contribution in [-0.2, 0) is 27.1 Å². The van der Waals surface area contributed by atoms with E-state index in [1.54, 1.807) is 19.2 Å². The first-order valence-corrected chi connectivity index (χ1v) is 17.4. The Morgan fingerprint density at radius 2 is 1.78 bits per heavy atom. The van der Waals surface area contributed by atoms with Crippen LogP contribution in [-0.4, -0.2) is 67.8 Å². The maximum Gasteiger partial charge on any atom is 0.243 e. The zero-order valence-corrected chi connectivity index (χ0v) is 26.7. The number of anilines is 1. The van der Waals surface area contributed by atoms with Crippen molar-refractivity contribution in [3.8, 4) is 6.07 Å². The number of carbonyl (C=O) groups is 1. The van der Waals surface area contributed by atoms with E-state index < -0.39 is 15.3 Å². The van der Waals surface area contributed by atoms with Crippen molar-refractivity contribution in [2.75, 3.05) is 37.6 Å². The predicted octanol–water partition coefficient (Wildman–Crippen LogP) is 4.33. The molecule has 3 heterocycles. The summed E-state index contributed by atoms with van der Waals surface area (Å²) in [6, 6.07) is 20.2. The van der Waals surface area contributed by atoms with E-state index in [9.17, 15) is 18.5 Å². The number of aromatic nitrogens is 2. The van der Waals surface area contributed by atoms with Crippen LogP contribution in [0.25, 0.3) is 0 Å². The lowest BCUT2D eigenvalue weighted by Crippen LogP contribution is -2.55. The fourth-order valence-electron chi connectivity index (χ4n) is 7.97. The summed E-state index contributed by atoms with van der Waals surface area (Å²) >= 11 is 0. The van der Waals surface area contributed by atoms with E-state index in [1.807, 2.05) is 30.3 Å². The minimum Gasteiger partial charge on any atom is -0.371 e. The molecule has 2 aliphatic heterocycles. The van der Waals surface area contributed by atoms with Gasteiger partial charge < -0.3 is 15.1 Å². The highest BCUT2D eigenvalue weighted by Crippen LogP contribution is 2.50. The standard InChI is InChI=1S/C35H42N6O3S/c1-3-34(42)38-33-11-7-10-32(33)35(25-36,27-8-5-4-6-9-27)28-16-18-40(19-17-28)21-26-22-41(23-26)29-12-14-30(15-13-29)45(43,44)31-20-37-39(2)24-31/h3-6,8-9,12-15,20,24,26,28,32-33H,1,7,10-11,16-19,21-23H2,2H3,(H,38,42)/t32-,33?,35?/m1/s1. The van der Waals surface area contributed by atoms with Crippen LogP contribution in [0.4, 0.5) is 5.69 Å². The van der Waals surface area contributed by atoms with Gasteiger partial charge in [0.2, 0.25) is 15.7 Å². The first-order chi connectivity index (χ1) is 21.7. The minimum atomic E-state index is -3.58. The molecule has 3 fully saturated rings. The van der Waals surface area contributed by atoms with Gasteiger partial charge in [0.15, 0.2) is 0 Å². The molecule has 1 saturated carbocycles. The number of sulfone groups is 1. The zero-order chi connectivity index (χ0) is 31.6. The first kappa shape index (κ1) is 31.1. The largest absolute Gasteiger partial charge is 0.371 e. The number of hydrogen-bond acceptors (Lipinski definition) is 7. The molecule has 6 rings (SSSR count). The van der Waals surface area contributed by atoms with Gasteiger partial charge in [-0.15, -0.1) is 0 Å². The molecule has 1 N–H and O–H groups in total. The van der Waals surface area contributed by atoms with Gasteiger partial charge in [0, 0.05) is 56.4 Å². The van der Waals surface area contributed by atoms with Crippen LogP contribution in [0.5, 0.6) is 0 Å². The molecule has 1 amide bonds. The molecule has 0 radical (unpaired) electrons. The number of hydrogen-bond donors (Lipinski definition) is 1. The Morgan fingerprint density at radius 1 is 1.07 bits per heavy atom. The van der Waals surface area contributed by atoms with Gasteiger partial charge in [0.25, 0.3) is 0 Å². The van der Waals surface area contributed by atoms with E-state index in [-0.39, 0.29) is 33.6 Å². The lowest BCUT2D eigenvalue weighted by Gasteiger charge is -2.48. The Labute approximate surface area is 266 Å². The molecule has 2 aromatic carbocycles. The summed E-state index contributed by atoms with van der Waals surface area (Å²) < 4.78 is 27.3. The molecule has 10 heteroatoms. The average Bonchev–Trinajstić information content (AvgIpc) is 3.70. The second-order valence-corrected chi connectivity index (χ2v) is 14.8. The number of likely N-dealkylation sites (tertiary alicyclic amines) is 1. The Balaban J connectivity index is 1.07. The second kappa shape index (κ2) is 12.8. The van der Waals surface area contributed by atoms with Crippen molar-refractivity contribution in [2.45, 2.75) is 53.4 Å². The number of piperidine rings is 1. The molecule has 9 nitrogen and oxygen atoms in total. The van der Waals surface area contributed by atoms with Gasteiger partial charge in [-0.1, -0.05) is 43.3 Å². The van der Waals surface area contributed by atoms with E-state index in [2.05, 4.69) is 45.0 Å². The molecule has 3 atom stereocenters. The van der Waals surface area contributed by atoms with Gasteiger partial charge in [-0.25, -0.2) is 8.42 Å². The van der Waals surface area contributed by atoms with Crippen molar-refractivity contribution >= 4 is 21.4 Å². The topological polar surface area (TPSA) is 111 Å². The molecule has 2 unspecified atom stereocenters. The molecule has 2 saturated heterocycles. The third kappa shape index (κ3) is 6.03. The lowest BCUT2D eigenvalue weighted by molar-refractivity contribution is -0.117. The summed E-state index contributed by atoms with van der Waals surface area (Å²) in [5.41, 5.74) is 1.46. The van der Waals surface area contributed by atoms with Gasteiger partial charge >= 0.3 is 0 Å². The van der Waals surface area contributed by atoms with E-state index in [0.717, 1.165) is 76.1 Å². The SMILES string of the molecule is C=CC(=O)NC1CCC[C@H]1C(C#N)(c1ccccc1)C1CCN(CC2CN(c3ccc(S(=O)(=O)c4cnn(C)c4)cc3)C2)CC1. The molecule has 1 aliphatic carbocycles. The number of amides is 1. The van der Waals surface area contributed by atoms with Crippen LogP contribution >= 0.6 is 0 Å². The fraction of sp³-hybridized carbons (Fsp3) is 0.457. The van der Waals surface area contributed by atoms with Gasteiger partial charge in [-0.05, 0) is 80.6 Å². The third-order valence-electron chi connectivity index (χ3n) is 10.3. The van der Waals surface area contributed by atoms with Gasteiger partial charge in [-0.2, -0.15) is 10.4 Å². The molecule has 0 spiro atoms. The highest BCUT2D eigenvalue weighted by Gasteiger charge is 2.52. The highest BCUT2D eigenvalue weighted by molar-refractivity contribution is 7.91. The first-order valence-electron chi connectivity index (χ1n) is 16.0. The maximum atomic E-state index is 12.9. The van der Waals surface area contributed by atoms with E-state index >= 15 is 0 Å². The quantitative estimate of drug-likeness (QED) is 0.334. The molecule has 0 bridgehead atoms. The minimum absolute atomic E-state index is 0.0288. The normalized spacial score (nSPS) is 22.7. The Kier molecular flexibility index (Phi) is 8.85. The summed E-state index contributed by atoms with van der Waals surface area (Å²) in [5, 5.41) is 18.1. The van der Waals surface area contributed by atoms with Gasteiger partial charge in [0.1, 0.15) is 4.90 Å². The van der Waals surface area contributed by atoms with Crippen LogP contribution in [0.1, 0.15) is 37.7 Å². The number of aryl methyl sites for hydroxylation is 1. The van der Waals surface area contributed by atoms with E-state index in [4.69, 9.17) is 0 Å². The number of benzene rings is 2. The summed E-state index contributed by atoms with van der Waals surface area (Å²) in [7, 11) is -1.88. The molecular formula is C35H42N6O3S. The van der Waals surface area contributed by atoms with Crippen molar-refractivity contribution in [1.82, 2.24) is 20.0 Å². The predicted molar refractivity (Wildman–Crippen MR) is 173 cm³/mol. The Morgan fingerprint density at radius 3 is 2.40 bits per heavy atom. The number of rotatable bonds is 10. The van der Waals surface area contributed by atoms with Crippen LogP contribution in [0.15, 0.2) is 89.4 Å². The average molecular weight is 627 g/mol. The zero-order valence-electron chi connectivity index (χ0n) is 25.9. The second-order valence-electron chi connectivity index (χ2n) is 12.9.